The standard InChI is InChI=1S/C19H19NO2/c1-19(2)10-17-18-14(11-22-17)12(8-9-15(18)20-19)13-6-4-5-7-16(13)21-3/h4-10,20H,11H2,1-3H3. The lowest BCUT2D eigenvalue weighted by molar-refractivity contribution is 0.283. The molecule has 0 aromatic heterocycles. The molecule has 2 aliphatic rings. The molecule has 2 aromatic rings. The van der Waals surface area contributed by atoms with Gasteiger partial charge in [-0.25, -0.2) is 0 Å². The van der Waals surface area contributed by atoms with Crippen molar-refractivity contribution in [3.63, 3.8) is 0 Å². The molecule has 0 radical (unpaired) electrons. The number of methoxy groups -OCH3 is 1. The third-order valence-corrected chi connectivity index (χ3v) is 4.28. The number of ether oxygens (including phenoxy) is 2. The van der Waals surface area contributed by atoms with Crippen LogP contribution >= 0.6 is 0 Å². The fourth-order valence-corrected chi connectivity index (χ4v) is 3.35. The first-order valence-corrected chi connectivity index (χ1v) is 7.52. The van der Waals surface area contributed by atoms with E-state index >= 15 is 0 Å². The molecule has 2 aromatic carbocycles. The van der Waals surface area contributed by atoms with Crippen LogP contribution in [0.4, 0.5) is 5.69 Å². The van der Waals surface area contributed by atoms with Crippen LogP contribution in [-0.4, -0.2) is 12.6 Å². The highest BCUT2D eigenvalue weighted by atomic mass is 16.5. The Balaban J connectivity index is 1.93. The summed E-state index contributed by atoms with van der Waals surface area (Å²) in [7, 11) is 1.71. The lowest BCUT2D eigenvalue weighted by Gasteiger charge is -2.30. The molecule has 0 unspecified atom stereocenters. The van der Waals surface area contributed by atoms with Gasteiger partial charge in [0.25, 0.3) is 0 Å². The van der Waals surface area contributed by atoms with Crippen LogP contribution in [0.25, 0.3) is 16.9 Å². The average Bonchev–Trinajstić information content (AvgIpc) is 2.91. The predicted octanol–water partition coefficient (Wildman–Crippen LogP) is 4.44. The molecule has 0 atom stereocenters. The molecule has 22 heavy (non-hydrogen) atoms. The molecule has 0 fully saturated rings. The Bertz CT molecular complexity index is 790. The van der Waals surface area contributed by atoms with Gasteiger partial charge in [-0.05, 0) is 37.6 Å². The second kappa shape index (κ2) is 4.54. The van der Waals surface area contributed by atoms with E-state index in [4.69, 9.17) is 9.47 Å². The van der Waals surface area contributed by atoms with Gasteiger partial charge >= 0.3 is 0 Å². The third kappa shape index (κ3) is 1.89. The van der Waals surface area contributed by atoms with Crippen molar-refractivity contribution < 1.29 is 9.47 Å². The van der Waals surface area contributed by atoms with Crippen molar-refractivity contribution in [2.75, 3.05) is 12.4 Å². The van der Waals surface area contributed by atoms with Crippen LogP contribution in [0.15, 0.2) is 42.5 Å². The molecule has 0 bridgehead atoms. The maximum atomic E-state index is 5.96. The normalized spacial score (nSPS) is 17.1. The quantitative estimate of drug-likeness (QED) is 0.888. The van der Waals surface area contributed by atoms with Crippen LogP contribution in [0.2, 0.25) is 0 Å². The summed E-state index contributed by atoms with van der Waals surface area (Å²) in [4.78, 5) is 0. The number of rotatable bonds is 2. The van der Waals surface area contributed by atoms with Gasteiger partial charge in [0.2, 0.25) is 0 Å². The average molecular weight is 293 g/mol. The van der Waals surface area contributed by atoms with Crippen molar-refractivity contribution in [2.24, 2.45) is 0 Å². The summed E-state index contributed by atoms with van der Waals surface area (Å²) in [6, 6.07) is 12.4. The van der Waals surface area contributed by atoms with Crippen LogP contribution in [0.1, 0.15) is 25.0 Å². The first kappa shape index (κ1) is 13.3. The molecule has 3 nitrogen and oxygen atoms in total. The molecule has 0 spiro atoms. The highest BCUT2D eigenvalue weighted by molar-refractivity contribution is 5.88. The Morgan fingerprint density at radius 2 is 1.91 bits per heavy atom. The van der Waals surface area contributed by atoms with E-state index in [2.05, 4.69) is 43.4 Å². The van der Waals surface area contributed by atoms with Gasteiger partial charge in [-0.3, -0.25) is 0 Å². The summed E-state index contributed by atoms with van der Waals surface area (Å²) in [5.41, 5.74) is 5.78. The minimum atomic E-state index is -0.0874. The number of benzene rings is 2. The van der Waals surface area contributed by atoms with Crippen molar-refractivity contribution >= 4 is 11.4 Å². The van der Waals surface area contributed by atoms with Gasteiger partial charge < -0.3 is 14.8 Å². The van der Waals surface area contributed by atoms with Crippen LogP contribution in [0, 0.1) is 0 Å². The maximum absolute atomic E-state index is 5.96. The van der Waals surface area contributed by atoms with Crippen LogP contribution in [0.5, 0.6) is 5.75 Å². The second-order valence-corrected chi connectivity index (χ2v) is 6.36. The number of nitrogens with one attached hydrogen (secondary N) is 1. The molecule has 0 saturated carbocycles. The molecule has 3 heteroatoms. The van der Waals surface area contributed by atoms with E-state index in [1.165, 1.54) is 16.7 Å². The molecular formula is C19H19NO2. The zero-order chi connectivity index (χ0) is 15.3. The number of anilines is 1. The molecule has 0 saturated heterocycles. The number of para-hydroxylation sites is 1. The fourth-order valence-electron chi connectivity index (χ4n) is 3.35. The SMILES string of the molecule is COc1ccccc1-c1ccc2c3c1COC3=CC(C)(C)N2. The zero-order valence-electron chi connectivity index (χ0n) is 13.1. The van der Waals surface area contributed by atoms with Gasteiger partial charge in [0.15, 0.2) is 0 Å². The van der Waals surface area contributed by atoms with Crippen molar-refractivity contribution in [3.05, 3.63) is 53.6 Å². The predicted molar refractivity (Wildman–Crippen MR) is 88.9 cm³/mol. The van der Waals surface area contributed by atoms with Gasteiger partial charge in [0.05, 0.1) is 12.6 Å². The summed E-state index contributed by atoms with van der Waals surface area (Å²) in [5.74, 6) is 1.88. The van der Waals surface area contributed by atoms with E-state index in [0.717, 1.165) is 22.8 Å². The topological polar surface area (TPSA) is 30.5 Å². The first-order chi connectivity index (χ1) is 10.6. The summed E-state index contributed by atoms with van der Waals surface area (Å²) in [6.45, 7) is 4.91. The van der Waals surface area contributed by atoms with E-state index in [9.17, 15) is 0 Å². The highest BCUT2D eigenvalue weighted by Crippen LogP contribution is 2.46. The Hall–Kier alpha value is -2.42. The molecule has 2 heterocycles. The smallest absolute Gasteiger partial charge is 0.127 e. The van der Waals surface area contributed by atoms with Gasteiger partial charge in [-0.2, -0.15) is 0 Å². The molecule has 0 aliphatic carbocycles. The summed E-state index contributed by atoms with van der Waals surface area (Å²) in [5, 5.41) is 3.57. The maximum Gasteiger partial charge on any atom is 0.127 e. The summed E-state index contributed by atoms with van der Waals surface area (Å²) in [6.07, 6.45) is 2.16. The summed E-state index contributed by atoms with van der Waals surface area (Å²) >= 11 is 0. The van der Waals surface area contributed by atoms with Gasteiger partial charge in [-0.15, -0.1) is 0 Å². The van der Waals surface area contributed by atoms with E-state index in [0.29, 0.717) is 6.61 Å². The monoisotopic (exact) mass is 293 g/mol. The minimum Gasteiger partial charge on any atom is -0.496 e. The van der Waals surface area contributed by atoms with Gasteiger partial charge in [0, 0.05) is 22.4 Å². The molecule has 0 amide bonds. The van der Waals surface area contributed by atoms with E-state index in [1.807, 2.05) is 18.2 Å². The van der Waals surface area contributed by atoms with Gasteiger partial charge in [0.1, 0.15) is 18.1 Å². The Morgan fingerprint density at radius 3 is 2.73 bits per heavy atom. The van der Waals surface area contributed by atoms with Crippen molar-refractivity contribution in [3.8, 4) is 16.9 Å². The first-order valence-electron chi connectivity index (χ1n) is 7.52. The molecule has 1 N–H and O–H groups in total. The number of hydrogen-bond donors (Lipinski definition) is 1. The molecule has 4 rings (SSSR count). The zero-order valence-corrected chi connectivity index (χ0v) is 13.1. The van der Waals surface area contributed by atoms with Gasteiger partial charge in [-0.1, -0.05) is 24.3 Å². The number of hydrogen-bond acceptors (Lipinski definition) is 3. The van der Waals surface area contributed by atoms with Crippen LogP contribution in [-0.2, 0) is 11.3 Å². The van der Waals surface area contributed by atoms with Crippen LogP contribution in [0.3, 0.4) is 0 Å². The second-order valence-electron chi connectivity index (χ2n) is 6.36. The Morgan fingerprint density at radius 1 is 1.09 bits per heavy atom. The van der Waals surface area contributed by atoms with E-state index in [-0.39, 0.29) is 5.54 Å². The minimum absolute atomic E-state index is 0.0874. The largest absolute Gasteiger partial charge is 0.496 e. The Kier molecular flexibility index (Phi) is 2.73. The molecular weight excluding hydrogens is 274 g/mol. The fraction of sp³-hybridized carbons (Fsp3) is 0.263. The highest BCUT2D eigenvalue weighted by Gasteiger charge is 2.32. The lowest BCUT2D eigenvalue weighted by atomic mass is 9.89. The van der Waals surface area contributed by atoms with E-state index < -0.39 is 0 Å². The lowest BCUT2D eigenvalue weighted by Crippen LogP contribution is -2.31. The third-order valence-electron chi connectivity index (χ3n) is 4.28. The summed E-state index contributed by atoms with van der Waals surface area (Å²) < 4.78 is 11.5. The van der Waals surface area contributed by atoms with Crippen molar-refractivity contribution in [1.82, 2.24) is 0 Å². The van der Waals surface area contributed by atoms with Crippen molar-refractivity contribution in [1.29, 1.82) is 0 Å². The molecule has 112 valence electrons. The van der Waals surface area contributed by atoms with E-state index in [1.54, 1.807) is 7.11 Å². The Labute approximate surface area is 130 Å². The molecule has 2 aliphatic heterocycles. The van der Waals surface area contributed by atoms with Crippen molar-refractivity contribution in [2.45, 2.75) is 26.0 Å². The van der Waals surface area contributed by atoms with Crippen LogP contribution < -0.4 is 10.1 Å².